The molecule has 21 heteroatoms. The number of halogens is 4. The molecule has 43 heavy (non-hydrogen) atoms. The normalized spacial score (nSPS) is 24.0. The number of nitrogens with one attached hydrogen (secondary N) is 3. The molecule has 0 bridgehead atoms. The molecule has 0 aliphatic carbocycles. The molecule has 0 saturated carbocycles. The van der Waals surface area contributed by atoms with Crippen molar-refractivity contribution in [3.8, 4) is 0 Å². The molecule has 6 N–H and O–H groups in total. The second-order valence-electron chi connectivity index (χ2n) is 10.1. The van der Waals surface area contributed by atoms with Gasteiger partial charge < -0.3 is 29.6 Å². The van der Waals surface area contributed by atoms with Gasteiger partial charge in [-0.3, -0.25) is 28.5 Å². The zero-order chi connectivity index (χ0) is 32.5. The minimum Gasteiger partial charge on any atom is -0.462 e. The zero-order valence-corrected chi connectivity index (χ0v) is 24.4. The average molecular weight is 646 g/mol. The fraction of sp³-hybridized carbons (Fsp3) is 0.682. The highest BCUT2D eigenvalue weighted by atomic mass is 31.2. The summed E-state index contributed by atoms with van der Waals surface area (Å²) in [5.41, 5.74) is -0.0534. The van der Waals surface area contributed by atoms with Crippen molar-refractivity contribution in [1.29, 1.82) is 0 Å². The Hall–Kier alpha value is -3.16. The number of aliphatic hydroxyl groups excluding tert-OH is 1. The Morgan fingerprint density at radius 1 is 1.23 bits per heavy atom. The standard InChI is InChI=1S/C22H32F4N7O9P/c1-9(2)40-12(34)6-29-43(38,32-11(5)16(36)41-10(3)4)39-7-21(18(23)24)17(37)22(25,26)19(42-21)33-8-28-13-14(33)30-20(27)31-15(13)35/h8-11,17-19,37H,6-7H2,1-5H3,(H2,29,32,38)(H3,27,30,31,35)/t11-,17+,19+,21+,43?/m0/s1. The minimum atomic E-state index is -4.77. The zero-order valence-electron chi connectivity index (χ0n) is 23.5. The van der Waals surface area contributed by atoms with E-state index in [1.165, 1.54) is 34.6 Å². The molecule has 1 unspecified atom stereocenters. The van der Waals surface area contributed by atoms with E-state index < -0.39 is 104 Å². The SMILES string of the molecule is CC(C)OC(=O)CNP(=O)(N[C@@H](C)C(=O)OC(C)C)OC[C@@]1(C(F)F)O[C@@H](n2cnc3c(=O)[nH]c(N)nc32)C(F)(F)[C@@H]1O. The number of hydrogen-bond donors (Lipinski definition) is 5. The smallest absolute Gasteiger partial charge is 0.342 e. The van der Waals surface area contributed by atoms with Crippen molar-refractivity contribution in [2.45, 2.75) is 83.1 Å². The van der Waals surface area contributed by atoms with Gasteiger partial charge in [0.05, 0.1) is 25.1 Å². The molecule has 1 fully saturated rings. The first-order chi connectivity index (χ1) is 19.8. The monoisotopic (exact) mass is 645 g/mol. The van der Waals surface area contributed by atoms with Crippen LogP contribution in [-0.2, 0) is 32.9 Å². The Kier molecular flexibility index (Phi) is 10.2. The van der Waals surface area contributed by atoms with Crippen molar-refractivity contribution in [1.82, 2.24) is 29.7 Å². The first kappa shape index (κ1) is 34.3. The Morgan fingerprint density at radius 3 is 2.44 bits per heavy atom. The third-order valence-corrected chi connectivity index (χ3v) is 7.69. The van der Waals surface area contributed by atoms with Gasteiger partial charge in [0.1, 0.15) is 12.6 Å². The lowest BCUT2D eigenvalue weighted by atomic mass is 9.96. The number of H-pyrrole nitrogens is 1. The number of esters is 2. The molecule has 5 atom stereocenters. The highest BCUT2D eigenvalue weighted by molar-refractivity contribution is 7.54. The molecule has 2 aromatic heterocycles. The molecule has 0 aromatic carbocycles. The number of nitrogens with zero attached hydrogens (tertiary/aromatic N) is 3. The van der Waals surface area contributed by atoms with E-state index in [9.17, 15) is 32.8 Å². The molecule has 1 aliphatic heterocycles. The van der Waals surface area contributed by atoms with E-state index in [4.69, 9.17) is 24.5 Å². The van der Waals surface area contributed by atoms with Gasteiger partial charge in [0.25, 0.3) is 12.0 Å². The molecule has 1 aliphatic rings. The number of carbonyl (C=O) groups excluding carboxylic acids is 2. The summed E-state index contributed by atoms with van der Waals surface area (Å²) in [7, 11) is -4.77. The van der Waals surface area contributed by atoms with Gasteiger partial charge in [-0.25, -0.2) is 23.9 Å². The molecule has 16 nitrogen and oxygen atoms in total. The van der Waals surface area contributed by atoms with Crippen LogP contribution in [0.1, 0.15) is 40.8 Å². The molecular formula is C22H32F4N7O9P. The van der Waals surface area contributed by atoms with Crippen LogP contribution in [0.15, 0.2) is 11.1 Å². The van der Waals surface area contributed by atoms with Gasteiger partial charge >= 0.3 is 25.5 Å². The number of imidazole rings is 1. The average Bonchev–Trinajstić information content (AvgIpc) is 3.38. The van der Waals surface area contributed by atoms with Gasteiger partial charge in [0.2, 0.25) is 12.2 Å². The summed E-state index contributed by atoms with van der Waals surface area (Å²) >= 11 is 0. The van der Waals surface area contributed by atoms with Crippen LogP contribution < -0.4 is 21.5 Å². The van der Waals surface area contributed by atoms with E-state index in [2.05, 4.69) is 25.1 Å². The van der Waals surface area contributed by atoms with Crippen molar-refractivity contribution in [2.24, 2.45) is 0 Å². The third-order valence-electron chi connectivity index (χ3n) is 5.90. The predicted octanol–water partition coefficient (Wildman–Crippen LogP) is 0.826. The van der Waals surface area contributed by atoms with Crippen molar-refractivity contribution in [3.05, 3.63) is 16.7 Å². The lowest BCUT2D eigenvalue weighted by Gasteiger charge is -2.32. The number of alkyl halides is 4. The van der Waals surface area contributed by atoms with Gasteiger partial charge in [0, 0.05) is 0 Å². The van der Waals surface area contributed by atoms with Crippen LogP contribution in [0.5, 0.6) is 0 Å². The van der Waals surface area contributed by atoms with Gasteiger partial charge in [-0.2, -0.15) is 13.8 Å². The van der Waals surface area contributed by atoms with E-state index in [0.29, 0.717) is 10.9 Å². The summed E-state index contributed by atoms with van der Waals surface area (Å²) in [5.74, 6) is -6.92. The lowest BCUT2D eigenvalue weighted by molar-refractivity contribution is -0.191. The maximum atomic E-state index is 15.4. The number of aliphatic hydroxyl groups is 1. The quantitative estimate of drug-likeness (QED) is 0.116. The van der Waals surface area contributed by atoms with E-state index in [0.717, 1.165) is 0 Å². The van der Waals surface area contributed by atoms with Crippen molar-refractivity contribution in [3.63, 3.8) is 0 Å². The number of fused-ring (bicyclic) bond motifs is 1. The second kappa shape index (κ2) is 12.8. The predicted molar refractivity (Wildman–Crippen MR) is 139 cm³/mol. The van der Waals surface area contributed by atoms with Gasteiger partial charge in [-0.15, -0.1) is 0 Å². The van der Waals surface area contributed by atoms with Crippen LogP contribution in [0.3, 0.4) is 0 Å². The van der Waals surface area contributed by atoms with Crippen LogP contribution >= 0.6 is 7.67 Å². The number of nitrogen functional groups attached to an aromatic ring is 1. The Balaban J connectivity index is 1.95. The molecular weight excluding hydrogens is 613 g/mol. The topological polar surface area (TPSA) is 222 Å². The Morgan fingerprint density at radius 2 is 1.86 bits per heavy atom. The van der Waals surface area contributed by atoms with Gasteiger partial charge in [-0.1, -0.05) is 0 Å². The van der Waals surface area contributed by atoms with Gasteiger partial charge in [0.15, 0.2) is 22.9 Å². The number of aromatic amines is 1. The van der Waals surface area contributed by atoms with Crippen molar-refractivity contribution >= 4 is 36.7 Å². The lowest BCUT2D eigenvalue weighted by Crippen LogP contribution is -2.54. The van der Waals surface area contributed by atoms with Crippen molar-refractivity contribution in [2.75, 3.05) is 18.9 Å². The summed E-state index contributed by atoms with van der Waals surface area (Å²) in [6.45, 7) is 4.75. The molecule has 3 heterocycles. The number of hydrogen-bond acceptors (Lipinski definition) is 12. The number of nitrogens with two attached hydrogens (primary N) is 1. The molecule has 2 aromatic rings. The number of rotatable bonds is 13. The van der Waals surface area contributed by atoms with E-state index in [1.54, 1.807) is 0 Å². The molecule has 3 rings (SSSR count). The van der Waals surface area contributed by atoms with E-state index >= 15 is 8.78 Å². The fourth-order valence-corrected chi connectivity index (χ4v) is 5.54. The maximum Gasteiger partial charge on any atom is 0.342 e. The molecule has 0 radical (unpaired) electrons. The van der Waals surface area contributed by atoms with Crippen LogP contribution in [0.4, 0.5) is 23.5 Å². The Labute approximate surface area is 241 Å². The van der Waals surface area contributed by atoms with Gasteiger partial charge in [-0.05, 0) is 34.6 Å². The van der Waals surface area contributed by atoms with Crippen LogP contribution in [0, 0.1) is 0 Å². The first-order valence-electron chi connectivity index (χ1n) is 12.7. The Bertz CT molecular complexity index is 1440. The summed E-state index contributed by atoms with van der Waals surface area (Å²) in [6, 6.07) is -1.43. The summed E-state index contributed by atoms with van der Waals surface area (Å²) < 4.78 is 94.0. The minimum absolute atomic E-state index is 0.427. The van der Waals surface area contributed by atoms with Crippen LogP contribution in [-0.4, -0.2) is 92.0 Å². The van der Waals surface area contributed by atoms with Crippen LogP contribution in [0.2, 0.25) is 0 Å². The number of anilines is 1. The fourth-order valence-electron chi connectivity index (χ4n) is 3.95. The second-order valence-corrected chi connectivity index (χ2v) is 12.0. The maximum absolute atomic E-state index is 15.4. The number of ether oxygens (including phenoxy) is 3. The van der Waals surface area contributed by atoms with E-state index in [-0.39, 0.29) is 0 Å². The van der Waals surface area contributed by atoms with Crippen LogP contribution in [0.25, 0.3) is 11.2 Å². The largest absolute Gasteiger partial charge is 0.462 e. The summed E-state index contributed by atoms with van der Waals surface area (Å²) in [5, 5.41) is 14.8. The molecule has 0 amide bonds. The molecule has 242 valence electrons. The summed E-state index contributed by atoms with van der Waals surface area (Å²) in [6.07, 6.45) is -10.4. The number of aromatic nitrogens is 4. The number of carbonyl (C=O) groups is 2. The first-order valence-corrected chi connectivity index (χ1v) is 14.4. The highest BCUT2D eigenvalue weighted by Crippen LogP contribution is 2.52. The van der Waals surface area contributed by atoms with Crippen molar-refractivity contribution < 1.29 is 55.6 Å². The molecule has 1 saturated heterocycles. The van der Waals surface area contributed by atoms with E-state index in [1.807, 2.05) is 0 Å². The highest BCUT2D eigenvalue weighted by Gasteiger charge is 2.71. The molecule has 0 spiro atoms. The third kappa shape index (κ3) is 7.32. The summed E-state index contributed by atoms with van der Waals surface area (Å²) in [4.78, 5) is 45.9.